The van der Waals surface area contributed by atoms with Crippen LogP contribution in [-0.4, -0.2) is 49.8 Å². The summed E-state index contributed by atoms with van der Waals surface area (Å²) in [5.74, 6) is 0. The summed E-state index contributed by atoms with van der Waals surface area (Å²) < 4.78 is 23.2. The first-order valence-corrected chi connectivity index (χ1v) is 10.7. The van der Waals surface area contributed by atoms with Crippen molar-refractivity contribution in [2.45, 2.75) is 116 Å². The van der Waals surface area contributed by atoms with Crippen molar-refractivity contribution in [1.82, 2.24) is 0 Å². The summed E-state index contributed by atoms with van der Waals surface area (Å²) in [5.41, 5.74) is -0.0450. The zero-order valence-corrected chi connectivity index (χ0v) is 18.3. The van der Waals surface area contributed by atoms with Gasteiger partial charge in [0.05, 0.1) is 23.4 Å². The molecule has 1 aliphatic rings. The van der Waals surface area contributed by atoms with Crippen LogP contribution in [0.5, 0.6) is 0 Å². The number of hydrogen-bond donors (Lipinski definition) is 0. The lowest BCUT2D eigenvalue weighted by Gasteiger charge is -2.39. The molecule has 0 atom stereocenters. The van der Waals surface area contributed by atoms with Crippen LogP contribution >= 0.6 is 0 Å². The Balaban J connectivity index is 1.74. The normalized spacial score (nSPS) is 21.0. The molecular weight excluding hydrogens is 328 g/mol. The van der Waals surface area contributed by atoms with Crippen LogP contribution < -0.4 is 0 Å². The largest absolute Gasteiger partial charge is 0.381 e. The van der Waals surface area contributed by atoms with Crippen molar-refractivity contribution in [1.29, 1.82) is 0 Å². The molecule has 0 N–H and O–H groups in total. The van der Waals surface area contributed by atoms with E-state index >= 15 is 0 Å². The van der Waals surface area contributed by atoms with E-state index in [4.69, 9.17) is 18.9 Å². The second-order valence-electron chi connectivity index (χ2n) is 9.51. The average Bonchev–Trinajstić information content (AvgIpc) is 2.46. The molecule has 0 unspecified atom stereocenters. The van der Waals surface area contributed by atoms with Crippen LogP contribution in [0.4, 0.5) is 0 Å². The lowest BCUT2D eigenvalue weighted by Crippen LogP contribution is -2.41. The second-order valence-corrected chi connectivity index (χ2v) is 9.51. The molecule has 0 heterocycles. The fraction of sp³-hybridized carbons (Fsp3) is 1.00. The molecule has 0 aromatic heterocycles. The molecule has 1 rings (SSSR count). The van der Waals surface area contributed by atoms with Crippen LogP contribution in [0.3, 0.4) is 0 Å². The lowest BCUT2D eigenvalue weighted by molar-refractivity contribution is -0.148. The summed E-state index contributed by atoms with van der Waals surface area (Å²) in [5, 5.41) is 0. The van der Waals surface area contributed by atoms with E-state index in [9.17, 15) is 0 Å². The Kier molecular flexibility index (Phi) is 11.3. The summed E-state index contributed by atoms with van der Waals surface area (Å²) >= 11 is 0. The Bertz CT molecular complexity index is 337. The van der Waals surface area contributed by atoms with Gasteiger partial charge in [-0.1, -0.05) is 0 Å². The quantitative estimate of drug-likeness (QED) is 0.376. The van der Waals surface area contributed by atoms with E-state index in [0.29, 0.717) is 12.2 Å². The van der Waals surface area contributed by atoms with Crippen LogP contribution in [0.1, 0.15) is 92.9 Å². The highest BCUT2D eigenvalue weighted by molar-refractivity contribution is 4.83. The topological polar surface area (TPSA) is 36.9 Å². The van der Waals surface area contributed by atoms with Gasteiger partial charge in [-0.25, -0.2) is 0 Å². The van der Waals surface area contributed by atoms with Crippen molar-refractivity contribution in [3.8, 4) is 0 Å². The summed E-state index contributed by atoms with van der Waals surface area (Å²) in [4.78, 5) is 0. The van der Waals surface area contributed by atoms with Gasteiger partial charge in [0.15, 0.2) is 0 Å². The molecule has 4 heteroatoms. The van der Waals surface area contributed by atoms with Gasteiger partial charge in [0.25, 0.3) is 0 Å². The van der Waals surface area contributed by atoms with E-state index in [0.717, 1.165) is 65.0 Å². The SMILES string of the molecule is CC(C)(C)OCCCCCOCCCCCO[C@H]1C[C@H](OC(C)(C)C)C1. The molecule has 156 valence electrons. The molecule has 26 heavy (non-hydrogen) atoms. The molecule has 0 aliphatic heterocycles. The summed E-state index contributed by atoms with van der Waals surface area (Å²) in [6.45, 7) is 16.1. The molecule has 0 radical (unpaired) electrons. The van der Waals surface area contributed by atoms with Crippen molar-refractivity contribution in [3.05, 3.63) is 0 Å². The lowest BCUT2D eigenvalue weighted by atomic mass is 9.91. The first-order valence-electron chi connectivity index (χ1n) is 10.7. The minimum Gasteiger partial charge on any atom is -0.381 e. The second kappa shape index (κ2) is 12.3. The zero-order chi connectivity index (χ0) is 19.5. The summed E-state index contributed by atoms with van der Waals surface area (Å²) in [7, 11) is 0. The Hall–Kier alpha value is -0.160. The van der Waals surface area contributed by atoms with Crippen molar-refractivity contribution in [2.24, 2.45) is 0 Å². The van der Waals surface area contributed by atoms with Crippen LogP contribution in [0.25, 0.3) is 0 Å². The first kappa shape index (κ1) is 23.9. The van der Waals surface area contributed by atoms with Crippen molar-refractivity contribution in [3.63, 3.8) is 0 Å². The van der Waals surface area contributed by atoms with E-state index in [1.807, 2.05) is 0 Å². The van der Waals surface area contributed by atoms with Gasteiger partial charge in [0, 0.05) is 26.4 Å². The third-order valence-electron chi connectivity index (χ3n) is 4.33. The monoisotopic (exact) mass is 372 g/mol. The number of unbranched alkanes of at least 4 members (excludes halogenated alkanes) is 4. The van der Waals surface area contributed by atoms with Crippen molar-refractivity contribution >= 4 is 0 Å². The molecular formula is C22H44O4. The highest BCUT2D eigenvalue weighted by Gasteiger charge is 2.33. The molecule has 4 nitrogen and oxygen atoms in total. The highest BCUT2D eigenvalue weighted by atomic mass is 16.5. The predicted molar refractivity (Wildman–Crippen MR) is 108 cm³/mol. The van der Waals surface area contributed by atoms with E-state index in [2.05, 4.69) is 41.5 Å². The van der Waals surface area contributed by atoms with Gasteiger partial charge in [-0.05, 0) is 92.9 Å². The van der Waals surface area contributed by atoms with Gasteiger partial charge in [0.2, 0.25) is 0 Å². The summed E-state index contributed by atoms with van der Waals surface area (Å²) in [6.07, 6.45) is 9.83. The minimum absolute atomic E-state index is 0.0131. The fourth-order valence-corrected chi connectivity index (χ4v) is 2.95. The zero-order valence-electron chi connectivity index (χ0n) is 18.3. The van der Waals surface area contributed by atoms with Crippen LogP contribution in [0.15, 0.2) is 0 Å². The number of ether oxygens (including phenoxy) is 4. The van der Waals surface area contributed by atoms with Crippen molar-refractivity contribution in [2.75, 3.05) is 26.4 Å². The molecule has 1 fully saturated rings. The Morgan fingerprint density at radius 3 is 1.69 bits per heavy atom. The maximum atomic E-state index is 5.93. The minimum atomic E-state index is -0.0319. The molecule has 0 bridgehead atoms. The number of hydrogen-bond acceptors (Lipinski definition) is 4. The maximum Gasteiger partial charge on any atom is 0.0631 e. The van der Waals surface area contributed by atoms with Gasteiger partial charge in [0.1, 0.15) is 0 Å². The standard InChI is InChI=1S/C22H44O4/c1-21(2,3)25-16-12-8-10-14-23-13-9-7-11-15-24-19-17-20(18-19)26-22(4,5)6/h19-20H,7-18H2,1-6H3/t19-,20-. The average molecular weight is 373 g/mol. The summed E-state index contributed by atoms with van der Waals surface area (Å²) in [6, 6.07) is 0. The first-order chi connectivity index (χ1) is 12.2. The van der Waals surface area contributed by atoms with Crippen LogP contribution in [0, 0.1) is 0 Å². The molecule has 0 saturated heterocycles. The van der Waals surface area contributed by atoms with Gasteiger partial charge >= 0.3 is 0 Å². The molecule has 1 saturated carbocycles. The van der Waals surface area contributed by atoms with E-state index in [-0.39, 0.29) is 11.2 Å². The van der Waals surface area contributed by atoms with Crippen molar-refractivity contribution < 1.29 is 18.9 Å². The van der Waals surface area contributed by atoms with Crippen LogP contribution in [-0.2, 0) is 18.9 Å². The molecule has 0 amide bonds. The fourth-order valence-electron chi connectivity index (χ4n) is 2.95. The van der Waals surface area contributed by atoms with E-state index in [1.54, 1.807) is 0 Å². The number of rotatable bonds is 14. The maximum absolute atomic E-state index is 5.93. The third kappa shape index (κ3) is 14.0. The van der Waals surface area contributed by atoms with Crippen LogP contribution in [0.2, 0.25) is 0 Å². The van der Waals surface area contributed by atoms with Gasteiger partial charge in [-0.3, -0.25) is 0 Å². The van der Waals surface area contributed by atoms with E-state index in [1.165, 1.54) is 12.8 Å². The van der Waals surface area contributed by atoms with Gasteiger partial charge < -0.3 is 18.9 Å². The Morgan fingerprint density at radius 2 is 1.15 bits per heavy atom. The predicted octanol–water partition coefficient (Wildman–Crippen LogP) is 5.52. The van der Waals surface area contributed by atoms with Gasteiger partial charge in [-0.15, -0.1) is 0 Å². The third-order valence-corrected chi connectivity index (χ3v) is 4.33. The molecule has 0 spiro atoms. The Labute approximate surface area is 162 Å². The highest BCUT2D eigenvalue weighted by Crippen LogP contribution is 2.30. The Morgan fingerprint density at radius 1 is 0.615 bits per heavy atom. The molecule has 0 aromatic rings. The van der Waals surface area contributed by atoms with E-state index < -0.39 is 0 Å². The molecule has 0 aromatic carbocycles. The van der Waals surface area contributed by atoms with Gasteiger partial charge in [-0.2, -0.15) is 0 Å². The smallest absolute Gasteiger partial charge is 0.0631 e. The molecule has 1 aliphatic carbocycles.